The van der Waals surface area contributed by atoms with Gasteiger partial charge in [0.05, 0.1) is 0 Å². The quantitative estimate of drug-likeness (QED) is 0.788. The molecule has 0 atom stereocenters. The summed E-state index contributed by atoms with van der Waals surface area (Å²) >= 11 is 3.03. The number of nitrogens with zero attached hydrogens (tertiary/aromatic N) is 2. The first kappa shape index (κ1) is 9.33. The lowest BCUT2D eigenvalue weighted by molar-refractivity contribution is 0.539. The van der Waals surface area contributed by atoms with Crippen LogP contribution in [0.4, 0.5) is 4.39 Å². The fourth-order valence-corrected chi connectivity index (χ4v) is 1.41. The van der Waals surface area contributed by atoms with Crippen LogP contribution in [0, 0.1) is 12.7 Å². The molecule has 1 aromatic heterocycles. The third-order valence-electron chi connectivity index (χ3n) is 1.69. The van der Waals surface area contributed by atoms with Gasteiger partial charge >= 0.3 is 0 Å². The van der Waals surface area contributed by atoms with Crippen molar-refractivity contribution in [3.63, 3.8) is 0 Å². The number of rotatable bonds is 1. The van der Waals surface area contributed by atoms with Crippen molar-refractivity contribution in [2.75, 3.05) is 0 Å². The minimum Gasteiger partial charge on any atom is -0.411 e. The van der Waals surface area contributed by atoms with E-state index in [0.29, 0.717) is 11.5 Å². The highest BCUT2D eigenvalue weighted by atomic mass is 79.9. The Balaban J connectivity index is 2.51. The first-order valence-electron chi connectivity index (χ1n) is 3.92. The van der Waals surface area contributed by atoms with Gasteiger partial charge in [-0.1, -0.05) is 0 Å². The number of halogens is 2. The summed E-state index contributed by atoms with van der Waals surface area (Å²) in [7, 11) is 0. The summed E-state index contributed by atoms with van der Waals surface area (Å²) < 4.78 is 18.1. The molecule has 0 N–H and O–H groups in total. The topological polar surface area (TPSA) is 38.9 Å². The highest BCUT2D eigenvalue weighted by molar-refractivity contribution is 9.10. The van der Waals surface area contributed by atoms with Crippen LogP contribution in [-0.2, 0) is 0 Å². The highest BCUT2D eigenvalue weighted by Crippen LogP contribution is 2.22. The van der Waals surface area contributed by atoms with Gasteiger partial charge in [0.15, 0.2) is 0 Å². The van der Waals surface area contributed by atoms with Gasteiger partial charge in [0.1, 0.15) is 5.82 Å². The summed E-state index contributed by atoms with van der Waals surface area (Å²) in [6, 6.07) is 4.57. The third-order valence-corrected chi connectivity index (χ3v) is 2.01. The molecule has 0 spiro atoms. The molecule has 1 heterocycles. The Labute approximate surface area is 88.1 Å². The Kier molecular flexibility index (Phi) is 2.33. The van der Waals surface area contributed by atoms with E-state index in [1.807, 2.05) is 0 Å². The molecule has 14 heavy (non-hydrogen) atoms. The summed E-state index contributed by atoms with van der Waals surface area (Å²) in [6.45, 7) is 1.80. The van der Waals surface area contributed by atoms with Gasteiger partial charge in [-0.05, 0) is 30.7 Å². The Hall–Kier alpha value is -1.23. The van der Waals surface area contributed by atoms with E-state index in [0.717, 1.165) is 5.56 Å². The molecule has 2 aromatic rings. The van der Waals surface area contributed by atoms with Gasteiger partial charge in [-0.3, -0.25) is 0 Å². The lowest BCUT2D eigenvalue weighted by Gasteiger charge is -1.97. The van der Waals surface area contributed by atoms with E-state index < -0.39 is 0 Å². The van der Waals surface area contributed by atoms with Gasteiger partial charge < -0.3 is 4.42 Å². The zero-order chi connectivity index (χ0) is 10.1. The predicted molar refractivity (Wildman–Crippen MR) is 52.1 cm³/mol. The summed E-state index contributed by atoms with van der Waals surface area (Å²) in [4.78, 5) is 0.286. The lowest BCUT2D eigenvalue weighted by Crippen LogP contribution is -1.83. The summed E-state index contributed by atoms with van der Waals surface area (Å²) in [5.41, 5.74) is 1.40. The highest BCUT2D eigenvalue weighted by Gasteiger charge is 2.07. The molecular weight excluding hydrogens is 251 g/mol. The molecule has 0 bridgehead atoms. The molecule has 2 rings (SSSR count). The van der Waals surface area contributed by atoms with Crippen molar-refractivity contribution in [1.29, 1.82) is 0 Å². The molecule has 3 nitrogen and oxygen atoms in total. The molecule has 5 heteroatoms. The lowest BCUT2D eigenvalue weighted by atomic mass is 10.1. The van der Waals surface area contributed by atoms with E-state index in [4.69, 9.17) is 4.42 Å². The molecule has 0 unspecified atom stereocenters. The first-order chi connectivity index (χ1) is 6.65. The maximum absolute atomic E-state index is 13.0. The molecule has 0 fully saturated rings. The average Bonchev–Trinajstić information content (AvgIpc) is 2.50. The van der Waals surface area contributed by atoms with E-state index in [1.54, 1.807) is 13.0 Å². The van der Waals surface area contributed by atoms with Crippen molar-refractivity contribution in [3.8, 4) is 11.5 Å². The van der Waals surface area contributed by atoms with Gasteiger partial charge in [-0.25, -0.2) is 4.39 Å². The van der Waals surface area contributed by atoms with Gasteiger partial charge in [0.2, 0.25) is 5.89 Å². The van der Waals surface area contributed by atoms with Crippen LogP contribution >= 0.6 is 15.9 Å². The number of aromatic nitrogens is 2. The minimum atomic E-state index is -0.311. The minimum absolute atomic E-state index is 0.286. The van der Waals surface area contributed by atoms with Crippen molar-refractivity contribution in [2.45, 2.75) is 6.92 Å². The summed E-state index contributed by atoms with van der Waals surface area (Å²) in [6.07, 6.45) is 0. The smallest absolute Gasteiger partial charge is 0.285 e. The molecule has 72 valence electrons. The average molecular weight is 257 g/mol. The number of benzene rings is 1. The third kappa shape index (κ3) is 1.82. The molecule has 0 aliphatic rings. The van der Waals surface area contributed by atoms with E-state index >= 15 is 0 Å². The van der Waals surface area contributed by atoms with E-state index in [9.17, 15) is 4.39 Å². The van der Waals surface area contributed by atoms with Crippen LogP contribution in [0.25, 0.3) is 11.5 Å². The maximum atomic E-state index is 13.0. The zero-order valence-electron chi connectivity index (χ0n) is 7.29. The van der Waals surface area contributed by atoms with Crippen LogP contribution in [0.1, 0.15) is 5.56 Å². The second-order valence-corrected chi connectivity index (χ2v) is 3.56. The number of hydrogen-bond acceptors (Lipinski definition) is 3. The molecule has 0 aliphatic carbocycles. The van der Waals surface area contributed by atoms with Gasteiger partial charge in [0, 0.05) is 21.5 Å². The van der Waals surface area contributed by atoms with Crippen molar-refractivity contribution < 1.29 is 8.81 Å². The van der Waals surface area contributed by atoms with Gasteiger partial charge in [0.25, 0.3) is 4.80 Å². The number of hydrogen-bond donors (Lipinski definition) is 0. The van der Waals surface area contributed by atoms with Crippen molar-refractivity contribution >= 4 is 15.9 Å². The van der Waals surface area contributed by atoms with Crippen LogP contribution in [-0.4, -0.2) is 10.2 Å². The fraction of sp³-hybridized carbons (Fsp3) is 0.111. The van der Waals surface area contributed by atoms with E-state index in [1.165, 1.54) is 12.1 Å². The van der Waals surface area contributed by atoms with Crippen LogP contribution in [0.5, 0.6) is 0 Å². The van der Waals surface area contributed by atoms with Crippen LogP contribution in [0.3, 0.4) is 0 Å². The van der Waals surface area contributed by atoms with Gasteiger partial charge in [-0.2, -0.15) is 0 Å². The molecular formula is C9H6BrFN2O. The molecule has 1 aromatic carbocycles. The Morgan fingerprint density at radius 1 is 1.29 bits per heavy atom. The Morgan fingerprint density at radius 3 is 2.64 bits per heavy atom. The van der Waals surface area contributed by atoms with Crippen LogP contribution in [0.2, 0.25) is 0 Å². The predicted octanol–water partition coefficient (Wildman–Crippen LogP) is 2.95. The monoisotopic (exact) mass is 256 g/mol. The molecule has 0 radical (unpaired) electrons. The largest absolute Gasteiger partial charge is 0.411 e. The van der Waals surface area contributed by atoms with E-state index in [-0.39, 0.29) is 10.6 Å². The standard InChI is InChI=1S/C9H6BrFN2O/c1-5-2-6(4-7(11)3-5)8-12-13-9(10)14-8/h2-4H,1H3. The van der Waals surface area contributed by atoms with Crippen molar-refractivity contribution in [1.82, 2.24) is 10.2 Å². The Bertz CT molecular complexity index is 449. The summed E-state index contributed by atoms with van der Waals surface area (Å²) in [5.74, 6) is -0.00574. The van der Waals surface area contributed by atoms with E-state index in [2.05, 4.69) is 26.1 Å². The maximum Gasteiger partial charge on any atom is 0.285 e. The SMILES string of the molecule is Cc1cc(F)cc(-c2nnc(Br)o2)c1. The fourth-order valence-electron chi connectivity index (χ4n) is 1.18. The second kappa shape index (κ2) is 3.49. The van der Waals surface area contributed by atoms with Crippen LogP contribution < -0.4 is 0 Å². The normalized spacial score (nSPS) is 10.5. The Morgan fingerprint density at radius 2 is 2.07 bits per heavy atom. The van der Waals surface area contributed by atoms with Crippen molar-refractivity contribution in [2.24, 2.45) is 0 Å². The van der Waals surface area contributed by atoms with Gasteiger partial charge in [-0.15, -0.1) is 10.2 Å². The summed E-state index contributed by atoms with van der Waals surface area (Å²) in [5, 5.41) is 7.37. The first-order valence-corrected chi connectivity index (χ1v) is 4.71. The molecule has 0 amide bonds. The zero-order valence-corrected chi connectivity index (χ0v) is 8.88. The molecule has 0 aliphatic heterocycles. The number of aryl methyl sites for hydroxylation is 1. The van der Waals surface area contributed by atoms with Crippen LogP contribution in [0.15, 0.2) is 27.4 Å². The van der Waals surface area contributed by atoms with Crippen molar-refractivity contribution in [3.05, 3.63) is 34.4 Å². The second-order valence-electron chi connectivity index (χ2n) is 2.88. The molecule has 0 saturated carbocycles. The molecule has 0 saturated heterocycles.